The van der Waals surface area contributed by atoms with Crippen LogP contribution >= 0.6 is 0 Å². The number of carbonyl (C=O) groups excluding carboxylic acids is 2. The standard InChI is InChI=1S/C19H22N2O3/c1-24-17-9-7-16(8-10-17)14-21-18(22)11-12-20-19(23)13-15-5-3-2-4-6-15/h2-10H,11-14H2,1H3,(H,20,23)(H,21,22). The van der Waals surface area contributed by atoms with Gasteiger partial charge in [0, 0.05) is 19.5 Å². The minimum atomic E-state index is -0.0918. The molecule has 24 heavy (non-hydrogen) atoms. The zero-order chi connectivity index (χ0) is 17.2. The molecule has 2 aromatic carbocycles. The van der Waals surface area contributed by atoms with Crippen molar-refractivity contribution in [3.05, 3.63) is 65.7 Å². The second-order valence-electron chi connectivity index (χ2n) is 5.39. The van der Waals surface area contributed by atoms with E-state index in [1.54, 1.807) is 7.11 Å². The van der Waals surface area contributed by atoms with Gasteiger partial charge in [0.05, 0.1) is 13.5 Å². The molecule has 2 N–H and O–H groups in total. The average Bonchev–Trinajstić information content (AvgIpc) is 2.61. The molecule has 2 amide bonds. The van der Waals surface area contributed by atoms with Crippen LogP contribution in [0.4, 0.5) is 0 Å². The highest BCUT2D eigenvalue weighted by Crippen LogP contribution is 2.10. The molecule has 0 aromatic heterocycles. The van der Waals surface area contributed by atoms with Crippen LogP contribution in [0.15, 0.2) is 54.6 Å². The summed E-state index contributed by atoms with van der Waals surface area (Å²) < 4.78 is 5.09. The maximum absolute atomic E-state index is 11.8. The topological polar surface area (TPSA) is 67.4 Å². The van der Waals surface area contributed by atoms with E-state index in [9.17, 15) is 9.59 Å². The van der Waals surface area contributed by atoms with E-state index in [1.807, 2.05) is 54.6 Å². The maximum Gasteiger partial charge on any atom is 0.224 e. The molecular formula is C19H22N2O3. The molecule has 2 rings (SSSR count). The number of methoxy groups -OCH3 is 1. The lowest BCUT2D eigenvalue weighted by molar-refractivity contribution is -0.122. The second kappa shape index (κ2) is 9.35. The van der Waals surface area contributed by atoms with Crippen LogP contribution in [0.2, 0.25) is 0 Å². The van der Waals surface area contributed by atoms with Crippen LogP contribution < -0.4 is 15.4 Å². The largest absolute Gasteiger partial charge is 0.497 e. The van der Waals surface area contributed by atoms with E-state index in [1.165, 1.54) is 0 Å². The lowest BCUT2D eigenvalue weighted by atomic mass is 10.1. The molecule has 0 aliphatic carbocycles. The summed E-state index contributed by atoms with van der Waals surface area (Å²) in [5.74, 6) is 0.612. The molecule has 0 heterocycles. The number of nitrogens with one attached hydrogen (secondary N) is 2. The van der Waals surface area contributed by atoms with E-state index in [2.05, 4.69) is 10.6 Å². The third-order valence-electron chi connectivity index (χ3n) is 3.53. The Labute approximate surface area is 142 Å². The van der Waals surface area contributed by atoms with Crippen LogP contribution in [0.25, 0.3) is 0 Å². The molecule has 5 heteroatoms. The highest BCUT2D eigenvalue weighted by atomic mass is 16.5. The molecule has 0 radical (unpaired) electrons. The minimum Gasteiger partial charge on any atom is -0.497 e. The van der Waals surface area contributed by atoms with Gasteiger partial charge in [0.1, 0.15) is 5.75 Å². The van der Waals surface area contributed by atoms with Gasteiger partial charge in [0.15, 0.2) is 0 Å². The van der Waals surface area contributed by atoms with Gasteiger partial charge in [-0.2, -0.15) is 0 Å². The Bertz CT molecular complexity index is 654. The Morgan fingerprint density at radius 3 is 2.25 bits per heavy atom. The van der Waals surface area contributed by atoms with Crippen molar-refractivity contribution in [3.63, 3.8) is 0 Å². The van der Waals surface area contributed by atoms with Crippen molar-refractivity contribution in [2.75, 3.05) is 13.7 Å². The second-order valence-corrected chi connectivity index (χ2v) is 5.39. The summed E-state index contributed by atoms with van der Waals surface area (Å²) in [6.45, 7) is 0.793. The molecule has 0 aliphatic heterocycles. The van der Waals surface area contributed by atoms with Gasteiger partial charge in [-0.05, 0) is 23.3 Å². The number of hydrogen-bond donors (Lipinski definition) is 2. The van der Waals surface area contributed by atoms with Crippen LogP contribution in [0.5, 0.6) is 5.75 Å². The molecule has 0 spiro atoms. The van der Waals surface area contributed by atoms with E-state index in [4.69, 9.17) is 4.74 Å². The molecule has 0 bridgehead atoms. The minimum absolute atomic E-state index is 0.0795. The Balaban J connectivity index is 1.63. The molecule has 0 unspecified atom stereocenters. The van der Waals surface area contributed by atoms with Crippen LogP contribution in [-0.4, -0.2) is 25.5 Å². The molecule has 5 nitrogen and oxygen atoms in total. The summed E-state index contributed by atoms with van der Waals surface area (Å²) >= 11 is 0. The molecule has 2 aromatic rings. The molecule has 0 fully saturated rings. The molecule has 0 atom stereocenters. The van der Waals surface area contributed by atoms with Crippen molar-refractivity contribution >= 4 is 11.8 Å². The van der Waals surface area contributed by atoms with Crippen LogP contribution in [0, 0.1) is 0 Å². The highest BCUT2D eigenvalue weighted by molar-refractivity contribution is 5.80. The van der Waals surface area contributed by atoms with E-state index in [-0.39, 0.29) is 18.2 Å². The summed E-state index contributed by atoms with van der Waals surface area (Å²) in [6.07, 6.45) is 0.588. The zero-order valence-corrected chi connectivity index (χ0v) is 13.7. The fraction of sp³-hybridized carbons (Fsp3) is 0.263. The first-order chi connectivity index (χ1) is 11.7. The maximum atomic E-state index is 11.8. The first kappa shape index (κ1) is 17.5. The van der Waals surface area contributed by atoms with Gasteiger partial charge in [0.2, 0.25) is 11.8 Å². The first-order valence-electron chi connectivity index (χ1n) is 7.87. The van der Waals surface area contributed by atoms with E-state index >= 15 is 0 Å². The number of hydrogen-bond acceptors (Lipinski definition) is 3. The normalized spacial score (nSPS) is 10.0. The molecule has 0 saturated carbocycles. The van der Waals surface area contributed by atoms with Gasteiger partial charge in [-0.15, -0.1) is 0 Å². The van der Waals surface area contributed by atoms with Gasteiger partial charge < -0.3 is 15.4 Å². The average molecular weight is 326 g/mol. The number of carbonyl (C=O) groups is 2. The third kappa shape index (κ3) is 6.12. The molecule has 0 saturated heterocycles. The predicted molar refractivity (Wildman–Crippen MR) is 92.6 cm³/mol. The number of ether oxygens (including phenoxy) is 1. The molecule has 126 valence electrons. The Morgan fingerprint density at radius 1 is 0.875 bits per heavy atom. The Kier molecular flexibility index (Phi) is 6.83. The van der Waals surface area contributed by atoms with Crippen LogP contribution in [0.1, 0.15) is 17.5 Å². The SMILES string of the molecule is COc1ccc(CNC(=O)CCNC(=O)Cc2ccccc2)cc1. The number of amides is 2. The van der Waals surface area contributed by atoms with Crippen molar-refractivity contribution in [2.45, 2.75) is 19.4 Å². The van der Waals surface area contributed by atoms with Gasteiger partial charge >= 0.3 is 0 Å². The Hall–Kier alpha value is -2.82. The summed E-state index contributed by atoms with van der Waals surface area (Å²) in [6, 6.07) is 17.0. The van der Waals surface area contributed by atoms with E-state index in [0.29, 0.717) is 19.5 Å². The van der Waals surface area contributed by atoms with E-state index in [0.717, 1.165) is 16.9 Å². The quantitative estimate of drug-likeness (QED) is 0.780. The number of benzene rings is 2. The smallest absolute Gasteiger partial charge is 0.224 e. The van der Waals surface area contributed by atoms with Crippen LogP contribution in [-0.2, 0) is 22.6 Å². The van der Waals surface area contributed by atoms with Crippen molar-refractivity contribution in [3.8, 4) is 5.75 Å². The lowest BCUT2D eigenvalue weighted by Crippen LogP contribution is -2.31. The lowest BCUT2D eigenvalue weighted by Gasteiger charge is -2.07. The highest BCUT2D eigenvalue weighted by Gasteiger charge is 2.05. The summed E-state index contributed by atoms with van der Waals surface area (Å²) in [5, 5.41) is 5.59. The van der Waals surface area contributed by atoms with Gasteiger partial charge in [-0.3, -0.25) is 9.59 Å². The van der Waals surface area contributed by atoms with E-state index < -0.39 is 0 Å². The summed E-state index contributed by atoms with van der Waals surface area (Å²) in [7, 11) is 1.61. The van der Waals surface area contributed by atoms with Crippen molar-refractivity contribution < 1.29 is 14.3 Å². The summed E-state index contributed by atoms with van der Waals surface area (Å²) in [4.78, 5) is 23.6. The molecule has 0 aliphatic rings. The molecular weight excluding hydrogens is 304 g/mol. The fourth-order valence-electron chi connectivity index (χ4n) is 2.19. The first-order valence-corrected chi connectivity index (χ1v) is 7.87. The van der Waals surface area contributed by atoms with Crippen LogP contribution in [0.3, 0.4) is 0 Å². The summed E-state index contributed by atoms with van der Waals surface area (Å²) in [5.41, 5.74) is 1.95. The monoisotopic (exact) mass is 326 g/mol. The Morgan fingerprint density at radius 2 is 1.58 bits per heavy atom. The van der Waals surface area contributed by atoms with Gasteiger partial charge in [0.25, 0.3) is 0 Å². The van der Waals surface area contributed by atoms with Gasteiger partial charge in [-0.1, -0.05) is 42.5 Å². The van der Waals surface area contributed by atoms with Crippen molar-refractivity contribution in [1.82, 2.24) is 10.6 Å². The zero-order valence-electron chi connectivity index (χ0n) is 13.7. The van der Waals surface area contributed by atoms with Crippen molar-refractivity contribution in [2.24, 2.45) is 0 Å². The predicted octanol–water partition coefficient (Wildman–Crippen LogP) is 2.06. The fourth-order valence-corrected chi connectivity index (χ4v) is 2.19. The number of rotatable bonds is 8. The van der Waals surface area contributed by atoms with Gasteiger partial charge in [-0.25, -0.2) is 0 Å². The van der Waals surface area contributed by atoms with Crippen molar-refractivity contribution in [1.29, 1.82) is 0 Å². The third-order valence-corrected chi connectivity index (χ3v) is 3.53.